The summed E-state index contributed by atoms with van der Waals surface area (Å²) in [6.45, 7) is 0. The first kappa shape index (κ1) is 26.4. The zero-order valence-electron chi connectivity index (χ0n) is 23.8. The summed E-state index contributed by atoms with van der Waals surface area (Å²) in [4.78, 5) is 39.2. The summed E-state index contributed by atoms with van der Waals surface area (Å²) < 4.78 is 2.02. The standard InChI is InChI=1S/C34H25N9O2/c35-31-25(7-4-14-36-31)32-38-28-13-12-26(19-5-2-1-3-6-19)37-33(28)43(32)23-9-10-24-20(16-23)8-11-27(24)39-34(45)21-15-22(18-44)30-29(17-21)40-42-41-30/h1-7,9-10,12-18,27H,8,11H2,(H2,35,36)(H,39,45)(H,40,41,42)/t27-/m0/s1. The lowest BCUT2D eigenvalue weighted by atomic mass is 10.1. The third-order valence-corrected chi connectivity index (χ3v) is 8.28. The van der Waals surface area contributed by atoms with Crippen LogP contribution >= 0.6 is 0 Å². The normalized spacial score (nSPS) is 14.1. The molecule has 0 bridgehead atoms. The van der Waals surface area contributed by atoms with E-state index in [1.54, 1.807) is 18.3 Å². The number of amides is 1. The fourth-order valence-corrected chi connectivity index (χ4v) is 6.10. The molecule has 8 rings (SSSR count). The van der Waals surface area contributed by atoms with Gasteiger partial charge in [0.05, 0.1) is 22.8 Å². The molecule has 4 N–H and O–H groups in total. The molecule has 11 nitrogen and oxygen atoms in total. The van der Waals surface area contributed by atoms with Crippen LogP contribution < -0.4 is 11.1 Å². The summed E-state index contributed by atoms with van der Waals surface area (Å²) in [7, 11) is 0. The van der Waals surface area contributed by atoms with E-state index >= 15 is 0 Å². The molecule has 4 heterocycles. The first-order valence-corrected chi connectivity index (χ1v) is 14.5. The predicted octanol–water partition coefficient (Wildman–Crippen LogP) is 5.23. The Labute approximate surface area is 256 Å². The molecule has 1 aliphatic carbocycles. The van der Waals surface area contributed by atoms with Gasteiger partial charge in [0.25, 0.3) is 5.91 Å². The number of rotatable bonds is 6. The van der Waals surface area contributed by atoms with E-state index in [4.69, 9.17) is 15.7 Å². The average Bonchev–Trinajstić information content (AvgIpc) is 3.81. The second kappa shape index (κ2) is 10.5. The highest BCUT2D eigenvalue weighted by molar-refractivity contribution is 6.02. The molecule has 7 aromatic rings. The van der Waals surface area contributed by atoms with Gasteiger partial charge in [-0.15, -0.1) is 5.10 Å². The number of nitrogen functional groups attached to an aromatic ring is 1. The predicted molar refractivity (Wildman–Crippen MR) is 170 cm³/mol. The van der Waals surface area contributed by atoms with E-state index in [1.165, 1.54) is 0 Å². The number of aldehydes is 1. The van der Waals surface area contributed by atoms with Crippen LogP contribution in [0, 0.1) is 0 Å². The summed E-state index contributed by atoms with van der Waals surface area (Å²) in [5.41, 5.74) is 15.0. The van der Waals surface area contributed by atoms with Crippen LogP contribution in [0.15, 0.2) is 91.1 Å². The summed E-state index contributed by atoms with van der Waals surface area (Å²) in [6, 6.07) is 26.9. The fourth-order valence-electron chi connectivity index (χ4n) is 6.10. The fraction of sp³-hybridized carbons (Fsp3) is 0.0882. The van der Waals surface area contributed by atoms with E-state index in [1.807, 2.05) is 71.3 Å². The molecule has 0 unspecified atom stereocenters. The molecule has 1 atom stereocenters. The van der Waals surface area contributed by atoms with Gasteiger partial charge in [0.1, 0.15) is 16.9 Å². The van der Waals surface area contributed by atoms with Crippen LogP contribution in [0.3, 0.4) is 0 Å². The molecule has 0 fully saturated rings. The molecule has 0 aliphatic heterocycles. The molecule has 0 saturated carbocycles. The molecule has 218 valence electrons. The molecule has 0 saturated heterocycles. The highest BCUT2D eigenvalue weighted by Gasteiger charge is 2.27. The molecule has 4 aromatic heterocycles. The maximum atomic E-state index is 13.3. The highest BCUT2D eigenvalue weighted by atomic mass is 16.1. The number of anilines is 1. The van der Waals surface area contributed by atoms with Crippen LogP contribution in [0.25, 0.3) is 50.5 Å². The first-order chi connectivity index (χ1) is 22.1. The average molecular weight is 592 g/mol. The van der Waals surface area contributed by atoms with Crippen molar-refractivity contribution in [3.63, 3.8) is 0 Å². The number of imidazole rings is 1. The van der Waals surface area contributed by atoms with Crippen molar-refractivity contribution in [2.45, 2.75) is 18.9 Å². The quantitative estimate of drug-likeness (QED) is 0.222. The summed E-state index contributed by atoms with van der Waals surface area (Å²) in [5.74, 6) is 0.741. The third-order valence-electron chi connectivity index (χ3n) is 8.28. The number of benzene rings is 3. The van der Waals surface area contributed by atoms with Gasteiger partial charge in [-0.05, 0) is 72.5 Å². The van der Waals surface area contributed by atoms with Gasteiger partial charge >= 0.3 is 0 Å². The van der Waals surface area contributed by atoms with Gasteiger partial charge in [0, 0.05) is 28.6 Å². The van der Waals surface area contributed by atoms with Gasteiger partial charge in [0.15, 0.2) is 17.8 Å². The topological polar surface area (TPSA) is 157 Å². The zero-order chi connectivity index (χ0) is 30.5. The number of hydrogen-bond donors (Lipinski definition) is 3. The molecule has 0 radical (unpaired) electrons. The number of pyridine rings is 2. The number of aromatic amines is 1. The van der Waals surface area contributed by atoms with Crippen LogP contribution in [-0.2, 0) is 6.42 Å². The smallest absolute Gasteiger partial charge is 0.251 e. The van der Waals surface area contributed by atoms with E-state index in [0.29, 0.717) is 51.3 Å². The van der Waals surface area contributed by atoms with Crippen molar-refractivity contribution in [2.75, 3.05) is 5.73 Å². The number of nitrogens with one attached hydrogen (secondary N) is 2. The number of nitrogens with zero attached hydrogens (tertiary/aromatic N) is 6. The van der Waals surface area contributed by atoms with Crippen LogP contribution in [0.1, 0.15) is 44.3 Å². The van der Waals surface area contributed by atoms with Crippen LogP contribution in [0.4, 0.5) is 5.82 Å². The maximum Gasteiger partial charge on any atom is 0.251 e. The van der Waals surface area contributed by atoms with Crippen molar-refractivity contribution in [1.82, 2.24) is 40.2 Å². The second-order valence-electron chi connectivity index (χ2n) is 10.9. The first-order valence-electron chi connectivity index (χ1n) is 14.5. The number of carbonyl (C=O) groups excluding carboxylic acids is 2. The molecule has 0 spiro atoms. The van der Waals surface area contributed by atoms with E-state index < -0.39 is 0 Å². The van der Waals surface area contributed by atoms with Crippen molar-refractivity contribution in [3.05, 3.63) is 113 Å². The van der Waals surface area contributed by atoms with Crippen molar-refractivity contribution in [1.29, 1.82) is 0 Å². The Morgan fingerprint density at radius 3 is 2.71 bits per heavy atom. The lowest BCUT2D eigenvalue weighted by molar-refractivity contribution is 0.0937. The largest absolute Gasteiger partial charge is 0.383 e. The summed E-state index contributed by atoms with van der Waals surface area (Å²) in [5, 5.41) is 13.6. The molecular formula is C34H25N9O2. The highest BCUT2D eigenvalue weighted by Crippen LogP contribution is 2.36. The van der Waals surface area contributed by atoms with E-state index in [2.05, 4.69) is 31.8 Å². The zero-order valence-corrected chi connectivity index (χ0v) is 23.8. The van der Waals surface area contributed by atoms with Crippen molar-refractivity contribution in [2.24, 2.45) is 0 Å². The summed E-state index contributed by atoms with van der Waals surface area (Å²) in [6.07, 6.45) is 3.86. The number of aromatic nitrogens is 7. The minimum atomic E-state index is -0.280. The monoisotopic (exact) mass is 591 g/mol. The van der Waals surface area contributed by atoms with Crippen molar-refractivity contribution in [3.8, 4) is 28.3 Å². The number of aryl methyl sites for hydroxylation is 1. The molecule has 3 aromatic carbocycles. The maximum absolute atomic E-state index is 13.3. The minimum Gasteiger partial charge on any atom is -0.383 e. The Kier molecular flexibility index (Phi) is 6.15. The second-order valence-corrected chi connectivity index (χ2v) is 10.9. The molecule has 1 amide bonds. The number of fused-ring (bicyclic) bond motifs is 3. The van der Waals surface area contributed by atoms with Crippen LogP contribution in [0.2, 0.25) is 0 Å². The Morgan fingerprint density at radius 2 is 1.87 bits per heavy atom. The SMILES string of the molecule is Nc1ncccc1-c1nc2ccc(-c3ccccc3)nc2n1-c1ccc2c(c1)CC[C@@H]2NC(=O)c1cc(C=O)c2[nH]nnc2c1. The number of H-pyrrole nitrogens is 1. The number of nitrogens with two attached hydrogens (primary N) is 1. The molecule has 45 heavy (non-hydrogen) atoms. The number of hydrogen-bond acceptors (Lipinski definition) is 8. The van der Waals surface area contributed by atoms with Crippen molar-refractivity contribution >= 4 is 40.2 Å². The molecular weight excluding hydrogens is 566 g/mol. The Bertz CT molecular complexity index is 2270. The number of carbonyl (C=O) groups is 2. The van der Waals surface area contributed by atoms with Gasteiger partial charge in [-0.25, -0.2) is 15.0 Å². The van der Waals surface area contributed by atoms with Crippen LogP contribution in [-0.4, -0.2) is 47.1 Å². The minimum absolute atomic E-state index is 0.190. The van der Waals surface area contributed by atoms with Crippen molar-refractivity contribution < 1.29 is 9.59 Å². The Morgan fingerprint density at radius 1 is 0.978 bits per heavy atom. The van der Waals surface area contributed by atoms with E-state index in [-0.39, 0.29) is 11.9 Å². The van der Waals surface area contributed by atoms with Gasteiger partial charge in [-0.3, -0.25) is 19.3 Å². The van der Waals surface area contributed by atoms with E-state index in [0.717, 1.165) is 46.4 Å². The molecule has 11 heteroatoms. The third kappa shape index (κ3) is 4.49. The Balaban J connectivity index is 1.18. The van der Waals surface area contributed by atoms with Gasteiger partial charge in [-0.1, -0.05) is 41.6 Å². The lowest BCUT2D eigenvalue weighted by Crippen LogP contribution is -2.27. The van der Waals surface area contributed by atoms with Gasteiger partial charge < -0.3 is 11.1 Å². The van der Waals surface area contributed by atoms with Gasteiger partial charge in [-0.2, -0.15) is 0 Å². The van der Waals surface area contributed by atoms with E-state index in [9.17, 15) is 9.59 Å². The molecule has 1 aliphatic rings. The Hall–Kier alpha value is -6.23. The van der Waals surface area contributed by atoms with Gasteiger partial charge in [0.2, 0.25) is 0 Å². The van der Waals surface area contributed by atoms with Crippen LogP contribution in [0.5, 0.6) is 0 Å². The summed E-state index contributed by atoms with van der Waals surface area (Å²) >= 11 is 0. The lowest BCUT2D eigenvalue weighted by Gasteiger charge is -2.16.